The van der Waals surface area contributed by atoms with E-state index in [1.165, 1.54) is 0 Å². The third kappa shape index (κ3) is 4.70. The minimum absolute atomic E-state index is 0.220. The molecule has 7 heteroatoms. The maximum Gasteiger partial charge on any atom is 0.435 e. The normalized spacial score (nSPS) is 14.1. The van der Waals surface area contributed by atoms with Gasteiger partial charge >= 0.3 is 6.18 Å². The summed E-state index contributed by atoms with van der Waals surface area (Å²) in [7, 11) is 0. The number of halogens is 3. The quantitative estimate of drug-likeness (QED) is 0.283. The molecule has 4 aromatic rings. The lowest BCUT2D eigenvalue weighted by Crippen LogP contribution is -2.27. The van der Waals surface area contributed by atoms with Crippen LogP contribution in [-0.2, 0) is 12.7 Å². The van der Waals surface area contributed by atoms with E-state index in [9.17, 15) is 13.2 Å². The molecule has 4 nitrogen and oxygen atoms in total. The monoisotopic (exact) mass is 484 g/mol. The van der Waals surface area contributed by atoms with Gasteiger partial charge in [0.05, 0.1) is 22.4 Å². The summed E-state index contributed by atoms with van der Waals surface area (Å²) >= 11 is 0. The van der Waals surface area contributed by atoms with Gasteiger partial charge in [0.25, 0.3) is 0 Å². The molecule has 1 aliphatic rings. The molecule has 0 N–H and O–H groups in total. The van der Waals surface area contributed by atoms with Gasteiger partial charge in [-0.1, -0.05) is 50.6 Å². The highest BCUT2D eigenvalue weighted by Gasteiger charge is 2.40. The number of fused-ring (bicyclic) bond motifs is 3. The lowest BCUT2D eigenvalue weighted by molar-refractivity contribution is -0.141. The van der Waals surface area contributed by atoms with Gasteiger partial charge in [-0.05, 0) is 69.3 Å². The van der Waals surface area contributed by atoms with E-state index in [-0.39, 0.29) is 12.2 Å². The molecule has 2 heterocycles. The Bertz CT molecular complexity index is 1320. The van der Waals surface area contributed by atoms with E-state index in [0.717, 1.165) is 52.8 Å². The van der Waals surface area contributed by atoms with Crippen LogP contribution in [0.1, 0.15) is 61.7 Å². The number of aromatic nitrogens is 3. The van der Waals surface area contributed by atoms with E-state index in [4.69, 9.17) is 0 Å². The molecule has 1 aliphatic carbocycles. The number of hydrogen-bond donors (Lipinski definition) is 0. The molecule has 2 aromatic heterocycles. The number of nitrogens with zero attached hydrogens (tertiary/aromatic N) is 4. The molecule has 0 atom stereocenters. The summed E-state index contributed by atoms with van der Waals surface area (Å²) in [6.45, 7) is 13.8. The van der Waals surface area contributed by atoms with Crippen molar-refractivity contribution in [1.82, 2.24) is 18.9 Å². The summed E-state index contributed by atoms with van der Waals surface area (Å²) in [5.74, 6) is 0.915. The van der Waals surface area contributed by atoms with Crippen molar-refractivity contribution < 1.29 is 13.2 Å². The zero-order chi connectivity index (χ0) is 25.5. The minimum atomic E-state index is -4.52. The highest BCUT2D eigenvalue weighted by molar-refractivity contribution is 5.85. The van der Waals surface area contributed by atoms with Crippen LogP contribution < -0.4 is 0 Å². The van der Waals surface area contributed by atoms with Crippen LogP contribution in [0.15, 0.2) is 36.4 Å². The number of aryl methyl sites for hydroxylation is 3. The number of imidazole rings is 2. The highest BCUT2D eigenvalue weighted by Crippen LogP contribution is 2.38. The second kappa shape index (κ2) is 9.69. The molecule has 1 saturated carbocycles. The maximum atomic E-state index is 14.2. The van der Waals surface area contributed by atoms with E-state index >= 15 is 0 Å². The first-order chi connectivity index (χ1) is 16.7. The van der Waals surface area contributed by atoms with Crippen molar-refractivity contribution in [1.29, 1.82) is 0 Å². The van der Waals surface area contributed by atoms with Crippen molar-refractivity contribution in [3.05, 3.63) is 64.5 Å². The first-order valence-electron chi connectivity index (χ1n) is 12.6. The fourth-order valence-corrected chi connectivity index (χ4v) is 5.10. The number of para-hydroxylation sites is 2. The molecule has 0 unspecified atom stereocenters. The number of rotatable bonds is 6. The molecule has 0 bridgehead atoms. The Morgan fingerprint density at radius 2 is 1.60 bits per heavy atom. The van der Waals surface area contributed by atoms with Crippen LogP contribution in [0.5, 0.6) is 0 Å². The van der Waals surface area contributed by atoms with Crippen molar-refractivity contribution in [3.8, 4) is 5.69 Å². The van der Waals surface area contributed by atoms with Crippen molar-refractivity contribution in [3.63, 3.8) is 0 Å². The first-order valence-corrected chi connectivity index (χ1v) is 12.6. The van der Waals surface area contributed by atoms with E-state index < -0.39 is 11.9 Å². The van der Waals surface area contributed by atoms with Crippen molar-refractivity contribution in [2.24, 2.45) is 5.92 Å². The predicted octanol–water partition coefficient (Wildman–Crippen LogP) is 7.48. The Morgan fingerprint density at radius 3 is 2.14 bits per heavy atom. The molecule has 5 rings (SSSR count). The first kappa shape index (κ1) is 25.3. The second-order valence-corrected chi connectivity index (χ2v) is 9.38. The van der Waals surface area contributed by atoms with E-state index in [2.05, 4.69) is 22.0 Å². The molecule has 0 radical (unpaired) electrons. The van der Waals surface area contributed by atoms with Gasteiger partial charge in [-0.15, -0.1) is 0 Å². The molecule has 0 saturated heterocycles. The van der Waals surface area contributed by atoms with Crippen molar-refractivity contribution in [2.45, 2.75) is 67.1 Å². The molecule has 1 fully saturated rings. The maximum absolute atomic E-state index is 14.2. The average molecular weight is 485 g/mol. The summed E-state index contributed by atoms with van der Waals surface area (Å²) in [5.41, 5.74) is 5.08. The van der Waals surface area contributed by atoms with Crippen LogP contribution in [0, 0.1) is 26.7 Å². The third-order valence-electron chi connectivity index (χ3n) is 6.68. The van der Waals surface area contributed by atoms with Crippen LogP contribution in [0.2, 0.25) is 0 Å². The average Bonchev–Trinajstić information content (AvgIpc) is 3.46. The van der Waals surface area contributed by atoms with Crippen LogP contribution in [0.3, 0.4) is 0 Å². The van der Waals surface area contributed by atoms with Gasteiger partial charge in [-0.25, -0.2) is 4.98 Å². The minimum Gasteiger partial charge on any atom is -0.298 e. The fraction of sp³-hybridized carbons (Fsp3) is 0.464. The second-order valence-electron chi connectivity index (χ2n) is 9.38. The van der Waals surface area contributed by atoms with E-state index in [0.29, 0.717) is 18.2 Å². The Hall–Kier alpha value is -2.80. The zero-order valence-corrected chi connectivity index (χ0v) is 21.5. The van der Waals surface area contributed by atoms with Gasteiger partial charge in [0, 0.05) is 13.1 Å². The van der Waals surface area contributed by atoms with Crippen LogP contribution in [0.25, 0.3) is 22.5 Å². The fourth-order valence-electron chi connectivity index (χ4n) is 5.10. The van der Waals surface area contributed by atoms with E-state index in [1.807, 2.05) is 70.4 Å². The summed E-state index contributed by atoms with van der Waals surface area (Å²) in [6, 6.07) is 11.8. The molecular weight excluding hydrogens is 449 g/mol. The molecule has 35 heavy (non-hydrogen) atoms. The lowest BCUT2D eigenvalue weighted by atomic mass is 10.0. The zero-order valence-electron chi connectivity index (χ0n) is 21.5. The standard InChI is InChI=1S/C26H29F3N4.C2H6/c1-5-31(14-19-10-11-19)15-22-24(26(27,28)29)30-25-32(22)20-8-6-7-9-21(20)33(25)23-17(3)12-16(2)13-18(23)4;1-2/h6-9,12-13,19H,5,10-11,14-15H2,1-4H3;1-2H3. The summed E-state index contributed by atoms with van der Waals surface area (Å²) in [6.07, 6.45) is -2.20. The summed E-state index contributed by atoms with van der Waals surface area (Å²) in [5, 5.41) is 0. The molecular formula is C28H35F3N4. The van der Waals surface area contributed by atoms with Gasteiger partial charge < -0.3 is 0 Å². The van der Waals surface area contributed by atoms with E-state index in [1.54, 1.807) is 4.40 Å². The highest BCUT2D eigenvalue weighted by atomic mass is 19.4. The SMILES string of the molecule is CC.CCN(Cc1c(C(F)(F)F)nc2n(-c3c(C)cc(C)cc3C)c3ccccc3n12)CC1CC1. The van der Waals surface area contributed by atoms with Crippen molar-refractivity contribution >= 4 is 16.8 Å². The molecule has 0 amide bonds. The van der Waals surface area contributed by atoms with Crippen molar-refractivity contribution in [2.75, 3.05) is 13.1 Å². The van der Waals surface area contributed by atoms with Gasteiger partial charge in [0.1, 0.15) is 0 Å². The van der Waals surface area contributed by atoms with Gasteiger partial charge in [-0.3, -0.25) is 13.9 Å². The van der Waals surface area contributed by atoms with Gasteiger partial charge in [-0.2, -0.15) is 13.2 Å². The Kier molecular flexibility index (Phi) is 7.00. The number of hydrogen-bond acceptors (Lipinski definition) is 2. The largest absolute Gasteiger partial charge is 0.435 e. The smallest absolute Gasteiger partial charge is 0.298 e. The van der Waals surface area contributed by atoms with Crippen LogP contribution in [-0.4, -0.2) is 31.9 Å². The topological polar surface area (TPSA) is 25.5 Å². The number of alkyl halides is 3. The third-order valence-corrected chi connectivity index (χ3v) is 6.68. The van der Waals surface area contributed by atoms with Gasteiger partial charge in [0.15, 0.2) is 5.69 Å². The Morgan fingerprint density at radius 1 is 1.00 bits per heavy atom. The molecule has 2 aromatic carbocycles. The summed E-state index contributed by atoms with van der Waals surface area (Å²) < 4.78 is 46.3. The predicted molar refractivity (Wildman–Crippen MR) is 136 cm³/mol. The Labute approximate surface area is 205 Å². The van der Waals surface area contributed by atoms with Crippen LogP contribution >= 0.6 is 0 Å². The molecule has 0 spiro atoms. The number of benzene rings is 2. The molecule has 188 valence electrons. The summed E-state index contributed by atoms with van der Waals surface area (Å²) in [4.78, 5) is 6.37. The lowest BCUT2D eigenvalue weighted by Gasteiger charge is -2.21. The van der Waals surface area contributed by atoms with Crippen LogP contribution in [0.4, 0.5) is 13.2 Å². The van der Waals surface area contributed by atoms with Gasteiger partial charge in [0.2, 0.25) is 5.78 Å². The Balaban J connectivity index is 0.00000141. The molecule has 0 aliphatic heterocycles.